The number of amides is 2. The van der Waals surface area contributed by atoms with E-state index in [4.69, 9.17) is 0 Å². The average Bonchev–Trinajstić information content (AvgIpc) is 3.01. The number of benzene rings is 2. The molecule has 2 aromatic rings. The van der Waals surface area contributed by atoms with E-state index in [9.17, 15) is 18.0 Å². The largest absolute Gasteiger partial charge is 0.288 e. The minimum atomic E-state index is -3.67. The number of piperidine rings is 1. The molecule has 0 unspecified atom stereocenters. The number of rotatable bonds is 5. The Labute approximate surface area is 164 Å². The van der Waals surface area contributed by atoms with Crippen molar-refractivity contribution in [3.05, 3.63) is 65.2 Å². The molecule has 0 atom stereocenters. The van der Waals surface area contributed by atoms with Crippen molar-refractivity contribution in [1.29, 1.82) is 0 Å². The molecule has 0 spiro atoms. The first kappa shape index (κ1) is 18.8. The number of hydrogen-bond acceptors (Lipinski definition) is 4. The van der Waals surface area contributed by atoms with Crippen molar-refractivity contribution < 1.29 is 18.0 Å². The zero-order chi connectivity index (χ0) is 19.7. The third-order valence-electron chi connectivity index (χ3n) is 5.60. The van der Waals surface area contributed by atoms with Gasteiger partial charge in [-0.3, -0.25) is 14.9 Å². The van der Waals surface area contributed by atoms with E-state index in [0.717, 1.165) is 25.7 Å². The Hall–Kier alpha value is -2.51. The number of nitrogens with zero attached hydrogens (tertiary/aromatic N) is 1. The van der Waals surface area contributed by atoms with Crippen LogP contribution >= 0.6 is 0 Å². The molecule has 0 saturated carbocycles. The van der Waals surface area contributed by atoms with E-state index in [1.165, 1.54) is 28.1 Å². The van der Waals surface area contributed by atoms with E-state index >= 15 is 0 Å². The van der Waals surface area contributed by atoms with Gasteiger partial charge < -0.3 is 0 Å². The maximum atomic E-state index is 13.0. The fourth-order valence-electron chi connectivity index (χ4n) is 3.91. The summed E-state index contributed by atoms with van der Waals surface area (Å²) in [6.45, 7) is 0.952. The molecule has 2 aliphatic rings. The maximum absolute atomic E-state index is 13.0. The molecule has 146 valence electrons. The highest BCUT2D eigenvalue weighted by molar-refractivity contribution is 7.89. The van der Waals surface area contributed by atoms with E-state index in [-0.39, 0.29) is 16.0 Å². The van der Waals surface area contributed by atoms with Crippen LogP contribution in [0.1, 0.15) is 45.5 Å². The predicted molar refractivity (Wildman–Crippen MR) is 104 cm³/mol. The summed E-state index contributed by atoms with van der Waals surface area (Å²) in [5.74, 6) is -0.519. The fraction of sp³-hybridized carbons (Fsp3) is 0.333. The van der Waals surface area contributed by atoms with Gasteiger partial charge in [0.25, 0.3) is 11.8 Å². The Kier molecular flexibility index (Phi) is 5.03. The third kappa shape index (κ3) is 3.59. The summed E-state index contributed by atoms with van der Waals surface area (Å²) in [5.41, 5.74) is 1.66. The van der Waals surface area contributed by atoms with Gasteiger partial charge in [-0.2, -0.15) is 4.31 Å². The molecular weight excluding hydrogens is 376 g/mol. The molecule has 0 aromatic heterocycles. The summed E-state index contributed by atoms with van der Waals surface area (Å²) in [7, 11) is -3.67. The van der Waals surface area contributed by atoms with Gasteiger partial charge >= 0.3 is 0 Å². The van der Waals surface area contributed by atoms with Crippen LogP contribution in [0.2, 0.25) is 0 Å². The normalized spacial score (nSPS) is 18.1. The van der Waals surface area contributed by atoms with Crippen LogP contribution in [0.5, 0.6) is 0 Å². The van der Waals surface area contributed by atoms with Crippen molar-refractivity contribution >= 4 is 21.8 Å². The molecule has 6 nitrogen and oxygen atoms in total. The van der Waals surface area contributed by atoms with Gasteiger partial charge in [0.2, 0.25) is 10.0 Å². The van der Waals surface area contributed by atoms with Gasteiger partial charge in [0.05, 0.1) is 16.0 Å². The van der Waals surface area contributed by atoms with Crippen molar-refractivity contribution in [1.82, 2.24) is 9.62 Å². The van der Waals surface area contributed by atoms with Crippen molar-refractivity contribution in [2.45, 2.75) is 30.6 Å². The lowest BCUT2D eigenvalue weighted by atomic mass is 9.91. The van der Waals surface area contributed by atoms with Crippen LogP contribution in [-0.2, 0) is 16.4 Å². The van der Waals surface area contributed by atoms with Gasteiger partial charge in [0.15, 0.2) is 0 Å². The molecular formula is C21H22N2O4S. The molecule has 2 amide bonds. The minimum Gasteiger partial charge on any atom is -0.288 e. The lowest BCUT2D eigenvalue weighted by Gasteiger charge is -2.31. The smallest absolute Gasteiger partial charge is 0.258 e. The van der Waals surface area contributed by atoms with Gasteiger partial charge in [0, 0.05) is 13.1 Å². The van der Waals surface area contributed by atoms with Crippen molar-refractivity contribution in [2.75, 3.05) is 13.1 Å². The summed E-state index contributed by atoms with van der Waals surface area (Å²) in [6, 6.07) is 14.5. The number of sulfonamides is 1. The molecule has 1 fully saturated rings. The quantitative estimate of drug-likeness (QED) is 0.785. The highest BCUT2D eigenvalue weighted by Gasteiger charge is 2.32. The molecule has 28 heavy (non-hydrogen) atoms. The topological polar surface area (TPSA) is 83.5 Å². The molecule has 1 N–H and O–H groups in total. The minimum absolute atomic E-state index is 0.0684. The van der Waals surface area contributed by atoms with Gasteiger partial charge in [-0.15, -0.1) is 0 Å². The summed E-state index contributed by atoms with van der Waals surface area (Å²) in [5, 5.41) is 2.19. The van der Waals surface area contributed by atoms with Gasteiger partial charge in [-0.25, -0.2) is 8.42 Å². The molecule has 4 rings (SSSR count). The molecule has 7 heteroatoms. The van der Waals surface area contributed by atoms with Crippen LogP contribution in [0.4, 0.5) is 0 Å². The molecule has 0 radical (unpaired) electrons. The zero-order valence-corrected chi connectivity index (χ0v) is 16.2. The Morgan fingerprint density at radius 1 is 0.929 bits per heavy atom. The van der Waals surface area contributed by atoms with Crippen LogP contribution in [0.15, 0.2) is 53.4 Å². The first-order valence-corrected chi connectivity index (χ1v) is 10.9. The van der Waals surface area contributed by atoms with Crippen LogP contribution < -0.4 is 5.32 Å². The van der Waals surface area contributed by atoms with Crippen molar-refractivity contribution in [3.63, 3.8) is 0 Å². The van der Waals surface area contributed by atoms with Gasteiger partial charge in [0.1, 0.15) is 0 Å². The molecule has 0 aliphatic carbocycles. The van der Waals surface area contributed by atoms with E-state index in [0.29, 0.717) is 19.0 Å². The maximum Gasteiger partial charge on any atom is 0.258 e. The highest BCUT2D eigenvalue weighted by Crippen LogP contribution is 2.28. The van der Waals surface area contributed by atoms with Crippen LogP contribution in [0.3, 0.4) is 0 Å². The number of carbonyl (C=O) groups is 2. The van der Waals surface area contributed by atoms with E-state index < -0.39 is 21.8 Å². The van der Waals surface area contributed by atoms with Crippen molar-refractivity contribution in [2.24, 2.45) is 5.92 Å². The number of imide groups is 1. The lowest BCUT2D eigenvalue weighted by molar-refractivity contribution is 0.0879. The molecule has 1 saturated heterocycles. The van der Waals surface area contributed by atoms with Crippen LogP contribution in [0.25, 0.3) is 0 Å². The van der Waals surface area contributed by atoms with Gasteiger partial charge in [-0.1, -0.05) is 30.3 Å². The lowest BCUT2D eigenvalue weighted by Crippen LogP contribution is -2.38. The molecule has 2 aliphatic heterocycles. The predicted octanol–water partition coefficient (Wildman–Crippen LogP) is 2.60. The summed E-state index contributed by atoms with van der Waals surface area (Å²) in [6.07, 6.45) is 3.72. The first-order valence-electron chi connectivity index (χ1n) is 9.49. The summed E-state index contributed by atoms with van der Waals surface area (Å²) in [4.78, 5) is 23.5. The average molecular weight is 398 g/mol. The second kappa shape index (κ2) is 7.48. The summed E-state index contributed by atoms with van der Waals surface area (Å²) >= 11 is 0. The van der Waals surface area contributed by atoms with E-state index in [1.807, 2.05) is 18.2 Å². The number of hydrogen-bond donors (Lipinski definition) is 1. The Bertz CT molecular complexity index is 1010. The monoisotopic (exact) mass is 398 g/mol. The van der Waals surface area contributed by atoms with Crippen LogP contribution in [0, 0.1) is 5.92 Å². The third-order valence-corrected chi connectivity index (χ3v) is 7.50. The molecule has 2 heterocycles. The Balaban J connectivity index is 1.41. The first-order chi connectivity index (χ1) is 13.4. The number of carbonyl (C=O) groups excluding carboxylic acids is 2. The second-order valence-electron chi connectivity index (χ2n) is 7.36. The summed E-state index contributed by atoms with van der Waals surface area (Å²) < 4.78 is 27.4. The zero-order valence-electron chi connectivity index (χ0n) is 15.4. The van der Waals surface area contributed by atoms with Crippen molar-refractivity contribution in [3.8, 4) is 0 Å². The molecule has 2 aromatic carbocycles. The van der Waals surface area contributed by atoms with Crippen LogP contribution in [-0.4, -0.2) is 37.6 Å². The van der Waals surface area contributed by atoms with E-state index in [1.54, 1.807) is 0 Å². The number of fused-ring (bicyclic) bond motifs is 1. The fourth-order valence-corrected chi connectivity index (χ4v) is 5.41. The second-order valence-corrected chi connectivity index (χ2v) is 9.30. The SMILES string of the molecule is O=C1NC(=O)c2cc(S(=O)(=O)N3CCC(CCc4ccccc4)CC3)ccc21. The standard InChI is InChI=1S/C21H22N2O4S/c24-20-18-9-8-17(14-19(18)21(25)22-20)28(26,27)23-12-10-16(11-13-23)7-6-15-4-2-1-3-5-15/h1-5,8-9,14,16H,6-7,10-13H2,(H,22,24,25). The molecule has 0 bridgehead atoms. The Morgan fingerprint density at radius 2 is 1.61 bits per heavy atom. The Morgan fingerprint density at radius 3 is 2.32 bits per heavy atom. The number of nitrogens with one attached hydrogen (secondary N) is 1. The highest BCUT2D eigenvalue weighted by atomic mass is 32.2. The number of aryl methyl sites for hydroxylation is 1. The van der Waals surface area contributed by atoms with Gasteiger partial charge in [-0.05, 0) is 55.4 Å². The van der Waals surface area contributed by atoms with E-state index in [2.05, 4.69) is 17.4 Å².